The van der Waals surface area contributed by atoms with Crippen molar-refractivity contribution >= 4 is 15.9 Å². The lowest BCUT2D eigenvalue weighted by molar-refractivity contribution is 0.479. The molecule has 1 aromatic rings. The highest BCUT2D eigenvalue weighted by Gasteiger charge is 2.13. The van der Waals surface area contributed by atoms with Gasteiger partial charge >= 0.3 is 0 Å². The number of benzene rings is 1. The molecule has 4 heteroatoms. The number of hydrogen-bond donors (Lipinski definition) is 2. The van der Waals surface area contributed by atoms with E-state index in [9.17, 15) is 4.39 Å². The summed E-state index contributed by atoms with van der Waals surface area (Å²) in [4.78, 5) is 0. The van der Waals surface area contributed by atoms with Crippen molar-refractivity contribution in [3.63, 3.8) is 0 Å². The summed E-state index contributed by atoms with van der Waals surface area (Å²) in [7, 11) is 0. The first kappa shape index (κ1) is 15.3. The van der Waals surface area contributed by atoms with E-state index < -0.39 is 0 Å². The molecule has 1 rings (SSSR count). The Bertz CT molecular complexity index is 382. The van der Waals surface area contributed by atoms with E-state index in [1.165, 1.54) is 12.1 Å². The van der Waals surface area contributed by atoms with E-state index in [1.807, 2.05) is 6.08 Å². The maximum Gasteiger partial charge on any atom is 0.123 e. The summed E-state index contributed by atoms with van der Waals surface area (Å²) >= 11 is 3.43. The van der Waals surface area contributed by atoms with Gasteiger partial charge in [-0.25, -0.2) is 4.39 Å². The van der Waals surface area contributed by atoms with Crippen LogP contribution in [-0.2, 0) is 0 Å². The number of halogens is 2. The second kappa shape index (κ2) is 8.40. The highest BCUT2D eigenvalue weighted by molar-refractivity contribution is 9.10. The second-order valence-electron chi connectivity index (χ2n) is 4.31. The van der Waals surface area contributed by atoms with Crippen LogP contribution in [0.1, 0.15) is 43.7 Å². The minimum atomic E-state index is -0.236. The van der Waals surface area contributed by atoms with Crippen molar-refractivity contribution < 1.29 is 4.39 Å². The summed E-state index contributed by atoms with van der Waals surface area (Å²) in [5.41, 5.74) is 3.64. The molecular formula is C14H20BrFN2. The summed E-state index contributed by atoms with van der Waals surface area (Å²) < 4.78 is 14.1. The zero-order chi connectivity index (χ0) is 13.4. The fraction of sp³-hybridized carbons (Fsp3) is 0.429. The van der Waals surface area contributed by atoms with Gasteiger partial charge in [0.05, 0.1) is 0 Å². The van der Waals surface area contributed by atoms with Crippen LogP contribution in [0.2, 0.25) is 0 Å². The van der Waals surface area contributed by atoms with Crippen LogP contribution in [0.4, 0.5) is 4.39 Å². The first-order valence-corrected chi connectivity index (χ1v) is 7.00. The number of nitrogens with one attached hydrogen (secondary N) is 1. The van der Waals surface area contributed by atoms with Gasteiger partial charge in [-0.2, -0.15) is 0 Å². The third-order valence-corrected chi connectivity index (χ3v) is 3.66. The van der Waals surface area contributed by atoms with Crippen LogP contribution in [0.5, 0.6) is 0 Å². The molecule has 0 aliphatic carbocycles. The molecule has 1 aromatic carbocycles. The number of unbranched alkanes of at least 4 members (excludes halogenated alkanes) is 3. The van der Waals surface area contributed by atoms with Gasteiger partial charge in [0.15, 0.2) is 0 Å². The van der Waals surface area contributed by atoms with Crippen LogP contribution in [-0.4, -0.2) is 0 Å². The highest BCUT2D eigenvalue weighted by atomic mass is 79.9. The van der Waals surface area contributed by atoms with Crippen LogP contribution < -0.4 is 11.3 Å². The second-order valence-corrected chi connectivity index (χ2v) is 5.17. The molecule has 0 aliphatic rings. The van der Waals surface area contributed by atoms with Crippen LogP contribution in [0.25, 0.3) is 0 Å². The molecule has 0 bridgehead atoms. The largest absolute Gasteiger partial charge is 0.271 e. The molecule has 0 amide bonds. The Hall–Kier alpha value is -0.710. The lowest BCUT2D eigenvalue weighted by Gasteiger charge is -2.17. The summed E-state index contributed by atoms with van der Waals surface area (Å²) in [6, 6.07) is 4.66. The molecule has 100 valence electrons. The lowest BCUT2D eigenvalue weighted by atomic mass is 10.0. The topological polar surface area (TPSA) is 38.0 Å². The van der Waals surface area contributed by atoms with Crippen LogP contribution in [0, 0.1) is 5.82 Å². The monoisotopic (exact) mass is 314 g/mol. The van der Waals surface area contributed by atoms with E-state index in [2.05, 4.69) is 27.9 Å². The molecule has 0 aromatic heterocycles. The average Bonchev–Trinajstić information content (AvgIpc) is 2.37. The smallest absolute Gasteiger partial charge is 0.123 e. The predicted molar refractivity (Wildman–Crippen MR) is 77.4 cm³/mol. The quantitative estimate of drug-likeness (QED) is 0.326. The van der Waals surface area contributed by atoms with Crippen LogP contribution in [0.15, 0.2) is 35.3 Å². The van der Waals surface area contributed by atoms with Crippen molar-refractivity contribution in [3.05, 3.63) is 46.7 Å². The van der Waals surface area contributed by atoms with E-state index in [0.717, 1.165) is 42.1 Å². The van der Waals surface area contributed by atoms with E-state index in [-0.39, 0.29) is 11.9 Å². The zero-order valence-corrected chi connectivity index (χ0v) is 12.0. The fourth-order valence-electron chi connectivity index (χ4n) is 1.92. The van der Waals surface area contributed by atoms with Gasteiger partial charge in [-0.1, -0.05) is 34.8 Å². The van der Waals surface area contributed by atoms with Gasteiger partial charge in [-0.05, 0) is 43.0 Å². The van der Waals surface area contributed by atoms with Gasteiger partial charge in [0.25, 0.3) is 0 Å². The third kappa shape index (κ3) is 4.88. The van der Waals surface area contributed by atoms with E-state index in [4.69, 9.17) is 5.84 Å². The van der Waals surface area contributed by atoms with Crippen molar-refractivity contribution in [1.82, 2.24) is 5.43 Å². The predicted octanol–water partition coefficient (Wildman–Crippen LogP) is 4.23. The first-order valence-electron chi connectivity index (χ1n) is 6.21. The van der Waals surface area contributed by atoms with E-state index in [1.54, 1.807) is 6.07 Å². The SMILES string of the molecule is C=CCCCCCC(NN)c1cc(F)ccc1Br. The standard InChI is InChI=1S/C14H20BrFN2/c1-2-3-4-5-6-7-14(18-17)12-10-11(16)8-9-13(12)15/h2,8-10,14,18H,1,3-7,17H2. The minimum Gasteiger partial charge on any atom is -0.271 e. The Kier molecular flexibility index (Phi) is 7.16. The molecule has 0 radical (unpaired) electrons. The Morgan fingerprint density at radius 3 is 2.83 bits per heavy atom. The van der Waals surface area contributed by atoms with Gasteiger partial charge in [0.1, 0.15) is 5.82 Å². The normalized spacial score (nSPS) is 12.4. The van der Waals surface area contributed by atoms with Gasteiger partial charge in [-0.15, -0.1) is 6.58 Å². The molecule has 2 nitrogen and oxygen atoms in total. The average molecular weight is 315 g/mol. The first-order chi connectivity index (χ1) is 8.69. The molecule has 3 N–H and O–H groups in total. The van der Waals surface area contributed by atoms with Crippen molar-refractivity contribution in [2.75, 3.05) is 0 Å². The summed E-state index contributed by atoms with van der Waals surface area (Å²) in [5, 5.41) is 0. The van der Waals surface area contributed by atoms with Gasteiger partial charge in [-0.3, -0.25) is 11.3 Å². The Morgan fingerprint density at radius 1 is 1.39 bits per heavy atom. The molecule has 0 spiro atoms. The maximum absolute atomic E-state index is 13.2. The Labute approximate surface area is 117 Å². The third-order valence-electron chi connectivity index (χ3n) is 2.94. The van der Waals surface area contributed by atoms with E-state index >= 15 is 0 Å². The molecule has 1 unspecified atom stereocenters. The molecular weight excluding hydrogens is 295 g/mol. The van der Waals surface area contributed by atoms with Crippen molar-refractivity contribution in [2.24, 2.45) is 5.84 Å². The van der Waals surface area contributed by atoms with Gasteiger partial charge in [0, 0.05) is 10.5 Å². The molecule has 0 saturated carbocycles. The Morgan fingerprint density at radius 2 is 2.17 bits per heavy atom. The van der Waals surface area contributed by atoms with E-state index in [0.29, 0.717) is 0 Å². The fourth-order valence-corrected chi connectivity index (χ4v) is 2.45. The van der Waals surface area contributed by atoms with Crippen molar-refractivity contribution in [3.8, 4) is 0 Å². The molecule has 0 aliphatic heterocycles. The number of nitrogens with two attached hydrogens (primary N) is 1. The molecule has 0 saturated heterocycles. The van der Waals surface area contributed by atoms with Crippen LogP contribution >= 0.6 is 15.9 Å². The minimum absolute atomic E-state index is 0.0150. The van der Waals surface area contributed by atoms with Gasteiger partial charge < -0.3 is 0 Å². The summed E-state index contributed by atoms with van der Waals surface area (Å²) in [5.74, 6) is 5.32. The molecule has 1 atom stereocenters. The summed E-state index contributed by atoms with van der Waals surface area (Å²) in [6.07, 6.45) is 7.22. The van der Waals surface area contributed by atoms with Crippen LogP contribution in [0.3, 0.4) is 0 Å². The number of hydrazine groups is 1. The molecule has 18 heavy (non-hydrogen) atoms. The molecule has 0 heterocycles. The van der Waals surface area contributed by atoms with Gasteiger partial charge in [0.2, 0.25) is 0 Å². The number of rotatable bonds is 8. The lowest BCUT2D eigenvalue weighted by Crippen LogP contribution is -2.28. The van der Waals surface area contributed by atoms with Crippen molar-refractivity contribution in [1.29, 1.82) is 0 Å². The molecule has 0 fully saturated rings. The highest BCUT2D eigenvalue weighted by Crippen LogP contribution is 2.27. The summed E-state index contributed by atoms with van der Waals surface area (Å²) in [6.45, 7) is 3.70. The zero-order valence-electron chi connectivity index (χ0n) is 10.5. The number of hydrogen-bond acceptors (Lipinski definition) is 2. The maximum atomic E-state index is 13.2. The Balaban J connectivity index is 2.54. The number of allylic oxidation sites excluding steroid dienone is 1. The van der Waals surface area contributed by atoms with Crippen molar-refractivity contribution in [2.45, 2.75) is 38.1 Å².